The zero-order valence-corrected chi connectivity index (χ0v) is 13.3. The van der Waals surface area contributed by atoms with Crippen LogP contribution in [-0.2, 0) is 18.7 Å². The molecule has 0 radical (unpaired) electrons. The lowest BCUT2D eigenvalue weighted by Crippen LogP contribution is -2.39. The van der Waals surface area contributed by atoms with Crippen molar-refractivity contribution in [3.05, 3.63) is 64.7 Å². The van der Waals surface area contributed by atoms with Gasteiger partial charge in [-0.25, -0.2) is 0 Å². The fourth-order valence-corrected chi connectivity index (χ4v) is 2.87. The molecule has 2 aromatic carbocycles. The number of rotatable bonds is 2. The van der Waals surface area contributed by atoms with Crippen LogP contribution < -0.4 is 0 Å². The van der Waals surface area contributed by atoms with Crippen LogP contribution in [0.1, 0.15) is 34.0 Å². The number of hydrogen-bond acceptors (Lipinski definition) is 3. The minimum atomic E-state index is -4.99. The Morgan fingerprint density at radius 3 is 2.16 bits per heavy atom. The first kappa shape index (κ1) is 17.3. The molecule has 1 atom stereocenters. The number of benzene rings is 2. The standard InChI is InChI=1S/C18H16F3NO3/c1-17(25,18(19,20)21)14-8-11(6-7-15(14)23)16(24)22-9-12-4-2-3-5-13(12)10-22/h2-8,23,25H,9-10H2,1H3. The molecule has 1 heterocycles. The number of aliphatic hydroxyl groups is 1. The fraction of sp³-hybridized carbons (Fsp3) is 0.278. The van der Waals surface area contributed by atoms with Gasteiger partial charge in [0.05, 0.1) is 0 Å². The average Bonchev–Trinajstić information content (AvgIpc) is 2.97. The molecule has 0 saturated heterocycles. The Labute approximate surface area is 142 Å². The molecule has 132 valence electrons. The molecule has 0 spiro atoms. The van der Waals surface area contributed by atoms with Crippen molar-refractivity contribution in [2.45, 2.75) is 31.8 Å². The molecule has 2 aromatic rings. The Bertz CT molecular complexity index is 806. The van der Waals surface area contributed by atoms with Gasteiger partial charge in [0, 0.05) is 24.2 Å². The van der Waals surface area contributed by atoms with Crippen molar-refractivity contribution in [2.75, 3.05) is 0 Å². The van der Waals surface area contributed by atoms with E-state index in [9.17, 15) is 28.2 Å². The third-order valence-corrected chi connectivity index (χ3v) is 4.45. The SMILES string of the molecule is CC(O)(c1cc(C(=O)N2Cc3ccccc3C2)ccc1O)C(F)(F)F. The van der Waals surface area contributed by atoms with Crippen LogP contribution in [0.15, 0.2) is 42.5 Å². The molecule has 4 nitrogen and oxygen atoms in total. The van der Waals surface area contributed by atoms with Crippen molar-refractivity contribution in [1.82, 2.24) is 4.90 Å². The Morgan fingerprint density at radius 2 is 1.64 bits per heavy atom. The number of alkyl halides is 3. The number of phenolic OH excluding ortho intramolecular Hbond substituents is 1. The van der Waals surface area contributed by atoms with E-state index < -0.39 is 29.0 Å². The van der Waals surface area contributed by atoms with Crippen LogP contribution in [0.4, 0.5) is 13.2 Å². The van der Waals surface area contributed by atoms with Gasteiger partial charge < -0.3 is 15.1 Å². The van der Waals surface area contributed by atoms with Crippen molar-refractivity contribution in [3.8, 4) is 5.75 Å². The maximum absolute atomic E-state index is 13.1. The molecular formula is C18H16F3NO3. The zero-order valence-electron chi connectivity index (χ0n) is 13.3. The monoisotopic (exact) mass is 351 g/mol. The number of aromatic hydroxyl groups is 1. The second-order valence-corrected chi connectivity index (χ2v) is 6.23. The summed E-state index contributed by atoms with van der Waals surface area (Å²) >= 11 is 0. The highest BCUT2D eigenvalue weighted by Crippen LogP contribution is 2.42. The Morgan fingerprint density at radius 1 is 1.08 bits per heavy atom. The van der Waals surface area contributed by atoms with Crippen LogP contribution in [0.25, 0.3) is 0 Å². The Balaban J connectivity index is 1.92. The van der Waals surface area contributed by atoms with E-state index in [4.69, 9.17) is 0 Å². The van der Waals surface area contributed by atoms with Crippen LogP contribution in [-0.4, -0.2) is 27.2 Å². The van der Waals surface area contributed by atoms with Gasteiger partial charge in [0.1, 0.15) is 5.75 Å². The molecule has 1 aliphatic heterocycles. The number of hydrogen-bond donors (Lipinski definition) is 2. The third-order valence-electron chi connectivity index (χ3n) is 4.45. The van der Waals surface area contributed by atoms with E-state index in [2.05, 4.69) is 0 Å². The molecule has 0 fully saturated rings. The predicted octanol–water partition coefficient (Wildman–Crippen LogP) is 3.32. The Hall–Kier alpha value is -2.54. The summed E-state index contributed by atoms with van der Waals surface area (Å²) in [4.78, 5) is 14.1. The largest absolute Gasteiger partial charge is 0.508 e. The first-order chi connectivity index (χ1) is 11.6. The van der Waals surface area contributed by atoms with Crippen molar-refractivity contribution in [3.63, 3.8) is 0 Å². The topological polar surface area (TPSA) is 60.8 Å². The summed E-state index contributed by atoms with van der Waals surface area (Å²) in [6, 6.07) is 10.6. The molecule has 0 saturated carbocycles. The summed E-state index contributed by atoms with van der Waals surface area (Å²) < 4.78 is 39.2. The first-order valence-corrected chi connectivity index (χ1v) is 7.60. The number of halogens is 3. The molecule has 0 aliphatic carbocycles. The van der Waals surface area contributed by atoms with Crippen LogP contribution in [0.5, 0.6) is 5.75 Å². The highest BCUT2D eigenvalue weighted by atomic mass is 19.4. The van der Waals surface area contributed by atoms with Crippen molar-refractivity contribution >= 4 is 5.91 Å². The van der Waals surface area contributed by atoms with Gasteiger partial charge in [-0.15, -0.1) is 0 Å². The quantitative estimate of drug-likeness (QED) is 0.873. The van der Waals surface area contributed by atoms with Gasteiger partial charge in [-0.05, 0) is 36.2 Å². The number of fused-ring (bicyclic) bond motifs is 1. The summed E-state index contributed by atoms with van der Waals surface area (Å²) in [6.45, 7) is 1.27. The number of phenols is 1. The second kappa shape index (κ2) is 5.77. The number of carbonyl (C=O) groups excluding carboxylic acids is 1. The van der Waals surface area contributed by atoms with Gasteiger partial charge in [-0.3, -0.25) is 4.79 Å². The third kappa shape index (κ3) is 2.95. The second-order valence-electron chi connectivity index (χ2n) is 6.23. The van der Waals surface area contributed by atoms with Gasteiger partial charge in [-0.1, -0.05) is 24.3 Å². The lowest BCUT2D eigenvalue weighted by molar-refractivity contribution is -0.259. The van der Waals surface area contributed by atoms with Crippen molar-refractivity contribution < 1.29 is 28.2 Å². The Kier molecular flexibility index (Phi) is 3.99. The number of amides is 1. The van der Waals surface area contributed by atoms with Gasteiger partial charge in [0.2, 0.25) is 0 Å². The normalized spacial score (nSPS) is 16.4. The van der Waals surface area contributed by atoms with E-state index in [1.54, 1.807) is 0 Å². The molecule has 0 bridgehead atoms. The van der Waals surface area contributed by atoms with Gasteiger partial charge >= 0.3 is 6.18 Å². The minimum absolute atomic E-state index is 0.0230. The molecular weight excluding hydrogens is 335 g/mol. The van der Waals surface area contributed by atoms with E-state index in [1.165, 1.54) is 11.0 Å². The van der Waals surface area contributed by atoms with E-state index >= 15 is 0 Å². The highest BCUT2D eigenvalue weighted by Gasteiger charge is 2.52. The van der Waals surface area contributed by atoms with Crippen LogP contribution in [0.3, 0.4) is 0 Å². The molecule has 25 heavy (non-hydrogen) atoms. The number of nitrogens with zero attached hydrogens (tertiary/aromatic N) is 1. The predicted molar refractivity (Wildman–Crippen MR) is 83.8 cm³/mol. The van der Waals surface area contributed by atoms with Crippen molar-refractivity contribution in [2.24, 2.45) is 0 Å². The molecule has 7 heteroatoms. The molecule has 1 amide bonds. The molecule has 1 aliphatic rings. The summed E-state index contributed by atoms with van der Waals surface area (Å²) in [5, 5.41) is 19.5. The van der Waals surface area contributed by atoms with Crippen LogP contribution in [0, 0.1) is 0 Å². The average molecular weight is 351 g/mol. The summed E-state index contributed by atoms with van der Waals surface area (Å²) in [5.74, 6) is -1.18. The van der Waals surface area contributed by atoms with E-state index in [-0.39, 0.29) is 5.56 Å². The van der Waals surface area contributed by atoms with Crippen LogP contribution >= 0.6 is 0 Å². The smallest absolute Gasteiger partial charge is 0.421 e. The molecule has 2 N–H and O–H groups in total. The van der Waals surface area contributed by atoms with E-state index in [1.807, 2.05) is 24.3 Å². The van der Waals surface area contributed by atoms with E-state index in [0.717, 1.165) is 23.3 Å². The maximum Gasteiger partial charge on any atom is 0.421 e. The minimum Gasteiger partial charge on any atom is -0.508 e. The molecule has 3 rings (SSSR count). The summed E-state index contributed by atoms with van der Waals surface area (Å²) in [7, 11) is 0. The lowest BCUT2D eigenvalue weighted by atomic mass is 9.92. The van der Waals surface area contributed by atoms with Crippen molar-refractivity contribution in [1.29, 1.82) is 0 Å². The van der Waals surface area contributed by atoms with Gasteiger partial charge in [0.15, 0.2) is 5.60 Å². The van der Waals surface area contributed by atoms with Gasteiger partial charge in [0.25, 0.3) is 5.91 Å². The fourth-order valence-electron chi connectivity index (χ4n) is 2.87. The molecule has 1 unspecified atom stereocenters. The van der Waals surface area contributed by atoms with E-state index in [0.29, 0.717) is 20.0 Å². The van der Waals surface area contributed by atoms with Crippen LogP contribution in [0.2, 0.25) is 0 Å². The molecule has 0 aromatic heterocycles. The van der Waals surface area contributed by atoms with Gasteiger partial charge in [-0.2, -0.15) is 13.2 Å². The zero-order chi connectivity index (χ0) is 18.4. The summed E-state index contributed by atoms with van der Waals surface area (Å²) in [5.41, 5.74) is -2.07. The lowest BCUT2D eigenvalue weighted by Gasteiger charge is -2.28. The first-order valence-electron chi connectivity index (χ1n) is 7.60. The highest BCUT2D eigenvalue weighted by molar-refractivity contribution is 5.95. The maximum atomic E-state index is 13.1. The summed E-state index contributed by atoms with van der Waals surface area (Å²) in [6.07, 6.45) is -4.99. The number of carbonyl (C=O) groups is 1.